The van der Waals surface area contributed by atoms with Gasteiger partial charge in [0.2, 0.25) is 5.75 Å². The molecule has 0 aromatic heterocycles. The summed E-state index contributed by atoms with van der Waals surface area (Å²) in [5, 5.41) is 5.68. The largest absolute Gasteiger partial charge is 0.493 e. The Kier molecular flexibility index (Phi) is 8.46. The van der Waals surface area contributed by atoms with Crippen LogP contribution in [0.2, 0.25) is 0 Å². The fraction of sp³-hybridized carbons (Fsp3) is 0.348. The second kappa shape index (κ2) is 11.0. The molecule has 2 rings (SSSR count). The second-order valence-corrected chi connectivity index (χ2v) is 7.55. The maximum Gasteiger partial charge on any atom is 0.255 e. The molecule has 9 nitrogen and oxygen atoms in total. The number of amides is 3. The summed E-state index contributed by atoms with van der Waals surface area (Å²) in [5.41, 5.74) is 7.18. The van der Waals surface area contributed by atoms with Gasteiger partial charge >= 0.3 is 0 Å². The van der Waals surface area contributed by atoms with Crippen molar-refractivity contribution in [3.63, 3.8) is 0 Å². The lowest BCUT2D eigenvalue weighted by Crippen LogP contribution is -2.27. The van der Waals surface area contributed by atoms with Gasteiger partial charge < -0.3 is 30.6 Å². The van der Waals surface area contributed by atoms with Crippen LogP contribution in [0.4, 0.5) is 5.69 Å². The number of primary amides is 1. The molecule has 0 spiro atoms. The Morgan fingerprint density at radius 1 is 0.969 bits per heavy atom. The Balaban J connectivity index is 2.23. The number of nitrogens with two attached hydrogens (primary N) is 1. The molecule has 3 amide bonds. The van der Waals surface area contributed by atoms with Gasteiger partial charge in [-0.05, 0) is 48.7 Å². The van der Waals surface area contributed by atoms with Crippen LogP contribution in [0, 0.1) is 12.8 Å². The highest BCUT2D eigenvalue weighted by atomic mass is 16.5. The zero-order chi connectivity index (χ0) is 23.8. The molecule has 0 bridgehead atoms. The Hall–Kier alpha value is -3.75. The Bertz CT molecular complexity index is 978. The molecule has 2 aromatic carbocycles. The number of rotatable bonds is 10. The van der Waals surface area contributed by atoms with E-state index >= 15 is 0 Å². The number of methoxy groups -OCH3 is 2. The van der Waals surface area contributed by atoms with Crippen LogP contribution >= 0.6 is 0 Å². The number of benzene rings is 2. The predicted molar refractivity (Wildman–Crippen MR) is 121 cm³/mol. The van der Waals surface area contributed by atoms with Crippen molar-refractivity contribution < 1.29 is 28.6 Å². The molecule has 172 valence electrons. The van der Waals surface area contributed by atoms with Gasteiger partial charge in [-0.3, -0.25) is 14.4 Å². The third kappa shape index (κ3) is 6.37. The summed E-state index contributed by atoms with van der Waals surface area (Å²) in [5.74, 6) is -0.302. The quantitative estimate of drug-likeness (QED) is 0.517. The van der Waals surface area contributed by atoms with Crippen LogP contribution in [0.1, 0.15) is 40.1 Å². The molecule has 9 heteroatoms. The van der Waals surface area contributed by atoms with Crippen LogP contribution in [-0.4, -0.2) is 45.1 Å². The topological polar surface area (TPSA) is 129 Å². The van der Waals surface area contributed by atoms with Gasteiger partial charge in [-0.15, -0.1) is 0 Å². The van der Waals surface area contributed by atoms with E-state index in [-0.39, 0.29) is 35.3 Å². The minimum absolute atomic E-state index is 0.165. The van der Waals surface area contributed by atoms with Crippen molar-refractivity contribution in [3.8, 4) is 17.2 Å². The van der Waals surface area contributed by atoms with Gasteiger partial charge in [-0.1, -0.05) is 13.8 Å². The van der Waals surface area contributed by atoms with Crippen molar-refractivity contribution >= 4 is 23.4 Å². The average Bonchev–Trinajstić information content (AvgIpc) is 2.76. The molecule has 0 saturated carbocycles. The van der Waals surface area contributed by atoms with Crippen molar-refractivity contribution in [3.05, 3.63) is 47.0 Å². The highest BCUT2D eigenvalue weighted by molar-refractivity contribution is 6.06. The number of hydrogen-bond acceptors (Lipinski definition) is 6. The molecule has 0 saturated heterocycles. The van der Waals surface area contributed by atoms with E-state index in [0.717, 1.165) is 5.56 Å². The van der Waals surface area contributed by atoms with Crippen LogP contribution in [0.5, 0.6) is 17.2 Å². The summed E-state index contributed by atoms with van der Waals surface area (Å²) < 4.78 is 15.9. The Morgan fingerprint density at radius 2 is 1.59 bits per heavy atom. The van der Waals surface area contributed by atoms with E-state index in [9.17, 15) is 14.4 Å². The van der Waals surface area contributed by atoms with Gasteiger partial charge in [0.25, 0.3) is 17.7 Å². The van der Waals surface area contributed by atoms with Crippen LogP contribution in [0.3, 0.4) is 0 Å². The summed E-state index contributed by atoms with van der Waals surface area (Å²) in [4.78, 5) is 36.2. The molecule has 0 unspecified atom stereocenters. The van der Waals surface area contributed by atoms with Gasteiger partial charge in [0.15, 0.2) is 18.1 Å². The highest BCUT2D eigenvalue weighted by Crippen LogP contribution is 2.38. The molecule has 32 heavy (non-hydrogen) atoms. The van der Waals surface area contributed by atoms with Gasteiger partial charge in [0.05, 0.1) is 14.2 Å². The van der Waals surface area contributed by atoms with E-state index in [1.807, 2.05) is 13.8 Å². The summed E-state index contributed by atoms with van der Waals surface area (Å²) in [6.45, 7) is 6.06. The van der Waals surface area contributed by atoms with Gasteiger partial charge in [0, 0.05) is 23.4 Å². The second-order valence-electron chi connectivity index (χ2n) is 7.55. The van der Waals surface area contributed by atoms with Crippen molar-refractivity contribution in [1.82, 2.24) is 5.32 Å². The number of carbonyl (C=O) groups excluding carboxylic acids is 3. The fourth-order valence-corrected chi connectivity index (χ4v) is 2.84. The van der Waals surface area contributed by atoms with E-state index in [4.69, 9.17) is 19.9 Å². The van der Waals surface area contributed by atoms with E-state index in [1.165, 1.54) is 26.4 Å². The number of anilines is 1. The van der Waals surface area contributed by atoms with Crippen LogP contribution in [0.25, 0.3) is 0 Å². The number of aryl methyl sites for hydroxylation is 1. The summed E-state index contributed by atoms with van der Waals surface area (Å²) >= 11 is 0. The molecule has 0 heterocycles. The Morgan fingerprint density at radius 3 is 2.09 bits per heavy atom. The fourth-order valence-electron chi connectivity index (χ4n) is 2.84. The third-order valence-corrected chi connectivity index (χ3v) is 4.49. The highest BCUT2D eigenvalue weighted by Gasteiger charge is 2.19. The summed E-state index contributed by atoms with van der Waals surface area (Å²) in [7, 11) is 2.81. The molecular weight excluding hydrogens is 414 g/mol. The van der Waals surface area contributed by atoms with E-state index in [0.29, 0.717) is 23.7 Å². The first kappa shape index (κ1) is 24.5. The molecule has 2 aromatic rings. The zero-order valence-corrected chi connectivity index (χ0v) is 18.9. The lowest BCUT2D eigenvalue weighted by atomic mass is 10.1. The summed E-state index contributed by atoms with van der Waals surface area (Å²) in [6, 6.07) is 7.98. The van der Waals surface area contributed by atoms with Gasteiger partial charge in [-0.25, -0.2) is 0 Å². The molecule has 0 aliphatic heterocycles. The van der Waals surface area contributed by atoms with Gasteiger partial charge in [-0.2, -0.15) is 0 Å². The van der Waals surface area contributed by atoms with E-state index in [2.05, 4.69) is 10.6 Å². The summed E-state index contributed by atoms with van der Waals surface area (Å²) in [6.07, 6.45) is 0. The maximum atomic E-state index is 12.9. The van der Waals surface area contributed by atoms with Crippen molar-refractivity contribution in [2.75, 3.05) is 32.7 Å². The standard InChI is InChI=1S/C23H29N3O6/c1-13(2)11-25-22(28)15-6-7-17(14(3)8-15)26-23(29)16-9-18(30-4)21(19(10-16)31-5)32-12-20(24)27/h6-10,13H,11-12H2,1-5H3,(H2,24,27)(H,25,28)(H,26,29). The maximum absolute atomic E-state index is 12.9. The lowest BCUT2D eigenvalue weighted by molar-refractivity contribution is -0.120. The minimum atomic E-state index is -0.660. The van der Waals surface area contributed by atoms with E-state index in [1.54, 1.807) is 25.1 Å². The van der Waals surface area contributed by atoms with Crippen LogP contribution in [-0.2, 0) is 4.79 Å². The van der Waals surface area contributed by atoms with Crippen molar-refractivity contribution in [2.45, 2.75) is 20.8 Å². The smallest absolute Gasteiger partial charge is 0.255 e. The number of hydrogen-bond donors (Lipinski definition) is 3. The Labute approximate surface area is 187 Å². The van der Waals surface area contributed by atoms with Crippen molar-refractivity contribution in [2.24, 2.45) is 11.7 Å². The first-order chi connectivity index (χ1) is 15.2. The SMILES string of the molecule is COc1cc(C(=O)Nc2ccc(C(=O)NCC(C)C)cc2C)cc(OC)c1OCC(N)=O. The zero-order valence-electron chi connectivity index (χ0n) is 18.9. The lowest BCUT2D eigenvalue weighted by Gasteiger charge is -2.16. The molecule has 4 N–H and O–H groups in total. The van der Waals surface area contributed by atoms with E-state index < -0.39 is 11.8 Å². The molecule has 0 fully saturated rings. The monoisotopic (exact) mass is 443 g/mol. The number of ether oxygens (including phenoxy) is 3. The molecule has 0 aliphatic rings. The van der Waals surface area contributed by atoms with Crippen LogP contribution < -0.4 is 30.6 Å². The molecular formula is C23H29N3O6. The first-order valence-electron chi connectivity index (χ1n) is 10.0. The van der Waals surface area contributed by atoms with Crippen LogP contribution in [0.15, 0.2) is 30.3 Å². The number of nitrogens with one attached hydrogen (secondary N) is 2. The minimum Gasteiger partial charge on any atom is -0.493 e. The third-order valence-electron chi connectivity index (χ3n) is 4.49. The average molecular weight is 444 g/mol. The van der Waals surface area contributed by atoms with Crippen molar-refractivity contribution in [1.29, 1.82) is 0 Å². The molecule has 0 radical (unpaired) electrons. The normalized spacial score (nSPS) is 10.4. The molecule has 0 atom stereocenters. The predicted octanol–water partition coefficient (Wildman–Crippen LogP) is 2.51. The van der Waals surface area contributed by atoms with Gasteiger partial charge in [0.1, 0.15) is 0 Å². The first-order valence-corrected chi connectivity index (χ1v) is 10.0. The number of carbonyl (C=O) groups is 3. The molecule has 0 aliphatic carbocycles.